The SMILES string of the molecule is CCC(C)OCc1ccc(CNCC(C)C)cc1. The Morgan fingerprint density at radius 1 is 1.06 bits per heavy atom. The molecule has 0 heterocycles. The largest absolute Gasteiger partial charge is 0.374 e. The van der Waals surface area contributed by atoms with Crippen molar-refractivity contribution in [1.29, 1.82) is 0 Å². The van der Waals surface area contributed by atoms with Crippen molar-refractivity contribution in [2.24, 2.45) is 5.92 Å². The minimum Gasteiger partial charge on any atom is -0.374 e. The summed E-state index contributed by atoms with van der Waals surface area (Å²) in [5.41, 5.74) is 2.59. The summed E-state index contributed by atoms with van der Waals surface area (Å²) in [6.45, 7) is 11.4. The molecule has 0 saturated carbocycles. The number of hydrogen-bond acceptors (Lipinski definition) is 2. The molecule has 1 aromatic carbocycles. The van der Waals surface area contributed by atoms with Gasteiger partial charge in [0, 0.05) is 6.54 Å². The molecule has 1 atom stereocenters. The van der Waals surface area contributed by atoms with Crippen molar-refractivity contribution >= 4 is 0 Å². The van der Waals surface area contributed by atoms with Gasteiger partial charge in [0.1, 0.15) is 0 Å². The summed E-state index contributed by atoms with van der Waals surface area (Å²) in [6.07, 6.45) is 1.41. The predicted octanol–water partition coefficient (Wildman–Crippen LogP) is 3.75. The lowest BCUT2D eigenvalue weighted by Crippen LogP contribution is -2.18. The second-order valence-electron chi connectivity index (χ2n) is 5.37. The van der Waals surface area contributed by atoms with Crippen LogP contribution >= 0.6 is 0 Å². The third kappa shape index (κ3) is 6.18. The Bertz CT molecular complexity index is 318. The summed E-state index contributed by atoms with van der Waals surface area (Å²) >= 11 is 0. The molecule has 2 nitrogen and oxygen atoms in total. The molecule has 0 aliphatic carbocycles. The van der Waals surface area contributed by atoms with Crippen molar-refractivity contribution < 1.29 is 4.74 Å². The van der Waals surface area contributed by atoms with Gasteiger partial charge in [-0.25, -0.2) is 0 Å². The highest BCUT2D eigenvalue weighted by Gasteiger charge is 2.00. The van der Waals surface area contributed by atoms with Crippen LogP contribution in [0.4, 0.5) is 0 Å². The molecule has 1 aromatic rings. The second-order valence-corrected chi connectivity index (χ2v) is 5.37. The van der Waals surface area contributed by atoms with E-state index < -0.39 is 0 Å². The van der Waals surface area contributed by atoms with Crippen LogP contribution in [0.15, 0.2) is 24.3 Å². The topological polar surface area (TPSA) is 21.3 Å². The van der Waals surface area contributed by atoms with Crippen molar-refractivity contribution in [2.75, 3.05) is 6.54 Å². The first-order chi connectivity index (χ1) is 8.61. The van der Waals surface area contributed by atoms with Crippen LogP contribution in [0.5, 0.6) is 0 Å². The second kappa shape index (κ2) is 8.28. The third-order valence-corrected chi connectivity index (χ3v) is 3.01. The van der Waals surface area contributed by atoms with E-state index in [9.17, 15) is 0 Å². The van der Waals surface area contributed by atoms with Crippen LogP contribution in [-0.4, -0.2) is 12.6 Å². The van der Waals surface area contributed by atoms with E-state index in [0.717, 1.165) is 19.5 Å². The highest BCUT2D eigenvalue weighted by atomic mass is 16.5. The Labute approximate surface area is 112 Å². The molecule has 0 aliphatic rings. The number of nitrogens with one attached hydrogen (secondary N) is 1. The lowest BCUT2D eigenvalue weighted by Gasteiger charge is -2.11. The first kappa shape index (κ1) is 15.2. The molecule has 1 rings (SSSR count). The molecule has 0 fully saturated rings. The molecule has 0 bridgehead atoms. The van der Waals surface area contributed by atoms with Crippen LogP contribution < -0.4 is 5.32 Å². The van der Waals surface area contributed by atoms with Gasteiger partial charge < -0.3 is 10.1 Å². The van der Waals surface area contributed by atoms with Crippen molar-refractivity contribution in [2.45, 2.75) is 53.4 Å². The molecule has 0 aliphatic heterocycles. The lowest BCUT2D eigenvalue weighted by molar-refractivity contribution is 0.0508. The van der Waals surface area contributed by atoms with Gasteiger partial charge in [0.2, 0.25) is 0 Å². The summed E-state index contributed by atoms with van der Waals surface area (Å²) in [5, 5.41) is 3.45. The van der Waals surface area contributed by atoms with E-state index in [4.69, 9.17) is 4.74 Å². The van der Waals surface area contributed by atoms with Crippen LogP contribution in [-0.2, 0) is 17.9 Å². The molecular formula is C16H27NO. The number of hydrogen-bond donors (Lipinski definition) is 1. The zero-order chi connectivity index (χ0) is 13.4. The highest BCUT2D eigenvalue weighted by molar-refractivity contribution is 5.21. The number of benzene rings is 1. The smallest absolute Gasteiger partial charge is 0.0720 e. The Morgan fingerprint density at radius 2 is 1.67 bits per heavy atom. The maximum absolute atomic E-state index is 5.71. The van der Waals surface area contributed by atoms with E-state index in [0.29, 0.717) is 18.6 Å². The van der Waals surface area contributed by atoms with Gasteiger partial charge in [-0.2, -0.15) is 0 Å². The molecule has 0 radical (unpaired) electrons. The average molecular weight is 249 g/mol. The molecule has 2 heteroatoms. The lowest BCUT2D eigenvalue weighted by atomic mass is 10.1. The maximum atomic E-state index is 5.71. The molecule has 0 saturated heterocycles. The predicted molar refractivity (Wildman–Crippen MR) is 77.5 cm³/mol. The normalized spacial score (nSPS) is 12.9. The zero-order valence-electron chi connectivity index (χ0n) is 12.2. The minimum atomic E-state index is 0.345. The highest BCUT2D eigenvalue weighted by Crippen LogP contribution is 2.08. The van der Waals surface area contributed by atoms with Crippen molar-refractivity contribution in [1.82, 2.24) is 5.32 Å². The van der Waals surface area contributed by atoms with Gasteiger partial charge in [-0.05, 0) is 36.9 Å². The number of ether oxygens (including phenoxy) is 1. The van der Waals surface area contributed by atoms with Gasteiger partial charge >= 0.3 is 0 Å². The monoisotopic (exact) mass is 249 g/mol. The van der Waals surface area contributed by atoms with E-state index in [1.807, 2.05) is 0 Å². The minimum absolute atomic E-state index is 0.345. The fraction of sp³-hybridized carbons (Fsp3) is 0.625. The molecule has 0 aromatic heterocycles. The average Bonchev–Trinajstić information content (AvgIpc) is 2.37. The van der Waals surface area contributed by atoms with Gasteiger partial charge in [-0.3, -0.25) is 0 Å². The third-order valence-electron chi connectivity index (χ3n) is 3.01. The molecule has 1 unspecified atom stereocenters. The fourth-order valence-corrected chi connectivity index (χ4v) is 1.61. The fourth-order valence-electron chi connectivity index (χ4n) is 1.61. The van der Waals surface area contributed by atoms with E-state index in [-0.39, 0.29) is 0 Å². The Morgan fingerprint density at radius 3 is 2.22 bits per heavy atom. The molecule has 1 N–H and O–H groups in total. The molecule has 102 valence electrons. The van der Waals surface area contributed by atoms with Crippen LogP contribution in [0, 0.1) is 5.92 Å². The van der Waals surface area contributed by atoms with Gasteiger partial charge in [0.25, 0.3) is 0 Å². The van der Waals surface area contributed by atoms with Crippen LogP contribution in [0.1, 0.15) is 45.2 Å². The molecular weight excluding hydrogens is 222 g/mol. The summed E-state index contributed by atoms with van der Waals surface area (Å²) in [4.78, 5) is 0. The molecule has 0 spiro atoms. The zero-order valence-corrected chi connectivity index (χ0v) is 12.2. The Hall–Kier alpha value is -0.860. The number of rotatable bonds is 8. The van der Waals surface area contributed by atoms with Crippen LogP contribution in [0.25, 0.3) is 0 Å². The quantitative estimate of drug-likeness (QED) is 0.757. The Kier molecular flexibility index (Phi) is 6.99. The van der Waals surface area contributed by atoms with Gasteiger partial charge in [0.15, 0.2) is 0 Å². The standard InChI is InChI=1S/C16H27NO/c1-5-14(4)18-12-16-8-6-15(7-9-16)11-17-10-13(2)3/h6-9,13-14,17H,5,10-12H2,1-4H3. The van der Waals surface area contributed by atoms with Gasteiger partial charge in [-0.15, -0.1) is 0 Å². The van der Waals surface area contributed by atoms with Crippen molar-refractivity contribution in [3.63, 3.8) is 0 Å². The van der Waals surface area contributed by atoms with Gasteiger partial charge in [-0.1, -0.05) is 45.0 Å². The summed E-state index contributed by atoms with van der Waals surface area (Å²) in [5.74, 6) is 0.702. The van der Waals surface area contributed by atoms with E-state index in [2.05, 4.69) is 57.3 Å². The van der Waals surface area contributed by atoms with E-state index >= 15 is 0 Å². The Balaban J connectivity index is 2.33. The molecule has 18 heavy (non-hydrogen) atoms. The first-order valence-electron chi connectivity index (χ1n) is 7.02. The van der Waals surface area contributed by atoms with Gasteiger partial charge in [0.05, 0.1) is 12.7 Å². The van der Waals surface area contributed by atoms with E-state index in [1.54, 1.807) is 0 Å². The summed E-state index contributed by atoms with van der Waals surface area (Å²) < 4.78 is 5.71. The van der Waals surface area contributed by atoms with Crippen molar-refractivity contribution in [3.8, 4) is 0 Å². The molecule has 0 amide bonds. The van der Waals surface area contributed by atoms with E-state index in [1.165, 1.54) is 11.1 Å². The summed E-state index contributed by atoms with van der Waals surface area (Å²) in [6, 6.07) is 8.69. The maximum Gasteiger partial charge on any atom is 0.0720 e. The van der Waals surface area contributed by atoms with Crippen molar-refractivity contribution in [3.05, 3.63) is 35.4 Å². The summed E-state index contributed by atoms with van der Waals surface area (Å²) in [7, 11) is 0. The first-order valence-corrected chi connectivity index (χ1v) is 7.02. The van der Waals surface area contributed by atoms with Crippen LogP contribution in [0.3, 0.4) is 0 Å². The van der Waals surface area contributed by atoms with Crippen LogP contribution in [0.2, 0.25) is 0 Å².